The Morgan fingerprint density at radius 1 is 1.06 bits per heavy atom. The molecule has 1 aromatic heterocycles. The van der Waals surface area contributed by atoms with Gasteiger partial charge in [-0.05, 0) is 34.0 Å². The van der Waals surface area contributed by atoms with Crippen LogP contribution in [0.4, 0.5) is 13.2 Å². The average Bonchev–Trinajstić information content (AvgIpc) is 2.81. The molecule has 18 heavy (non-hydrogen) atoms. The van der Waals surface area contributed by atoms with Gasteiger partial charge >= 0.3 is 6.18 Å². The van der Waals surface area contributed by atoms with Crippen LogP contribution in [0.5, 0.6) is 0 Å². The summed E-state index contributed by atoms with van der Waals surface area (Å²) in [7, 11) is 0. The van der Waals surface area contributed by atoms with Crippen LogP contribution in [0.1, 0.15) is 16.7 Å². The lowest BCUT2D eigenvalue weighted by atomic mass is 10.1. The van der Waals surface area contributed by atoms with Crippen molar-refractivity contribution < 1.29 is 13.2 Å². The van der Waals surface area contributed by atoms with Crippen molar-refractivity contribution in [3.8, 4) is 0 Å². The van der Waals surface area contributed by atoms with Gasteiger partial charge in [0.25, 0.3) is 0 Å². The van der Waals surface area contributed by atoms with E-state index in [-0.39, 0.29) is 0 Å². The lowest BCUT2D eigenvalue weighted by molar-refractivity contribution is -0.137. The molecule has 2 aromatic rings. The van der Waals surface area contributed by atoms with E-state index in [0.29, 0.717) is 18.7 Å². The molecule has 96 valence electrons. The van der Waals surface area contributed by atoms with Crippen molar-refractivity contribution in [2.45, 2.75) is 19.3 Å². The van der Waals surface area contributed by atoms with Gasteiger partial charge in [-0.3, -0.25) is 0 Å². The van der Waals surface area contributed by atoms with E-state index in [1.54, 1.807) is 17.4 Å². The van der Waals surface area contributed by atoms with Crippen LogP contribution in [0.25, 0.3) is 0 Å². The highest BCUT2D eigenvalue weighted by molar-refractivity contribution is 7.07. The van der Waals surface area contributed by atoms with E-state index in [2.05, 4.69) is 5.32 Å². The van der Waals surface area contributed by atoms with Gasteiger partial charge in [0.1, 0.15) is 0 Å². The number of rotatable bonds is 4. The van der Waals surface area contributed by atoms with Crippen molar-refractivity contribution in [2.75, 3.05) is 0 Å². The summed E-state index contributed by atoms with van der Waals surface area (Å²) in [4.78, 5) is 0. The molecule has 1 heterocycles. The number of alkyl halides is 3. The summed E-state index contributed by atoms with van der Waals surface area (Å²) in [5.41, 5.74) is 1.18. The Morgan fingerprint density at radius 2 is 1.83 bits per heavy atom. The standard InChI is InChI=1S/C13H12F3NS/c14-13(15,16)12-3-1-2-10(6-12)7-17-8-11-4-5-18-9-11/h1-6,9,17H,7-8H2. The SMILES string of the molecule is FC(F)(F)c1cccc(CNCc2ccsc2)c1. The van der Waals surface area contributed by atoms with Gasteiger partial charge in [0.15, 0.2) is 0 Å². The second-order valence-corrected chi connectivity index (χ2v) is 4.71. The quantitative estimate of drug-likeness (QED) is 0.884. The van der Waals surface area contributed by atoms with Crippen molar-refractivity contribution >= 4 is 11.3 Å². The number of hydrogen-bond donors (Lipinski definition) is 1. The number of halogens is 3. The number of hydrogen-bond acceptors (Lipinski definition) is 2. The molecule has 1 aromatic carbocycles. The molecule has 0 fully saturated rings. The van der Waals surface area contributed by atoms with E-state index in [4.69, 9.17) is 0 Å². The van der Waals surface area contributed by atoms with Gasteiger partial charge in [0.2, 0.25) is 0 Å². The van der Waals surface area contributed by atoms with Crippen molar-refractivity contribution in [2.24, 2.45) is 0 Å². The van der Waals surface area contributed by atoms with E-state index in [0.717, 1.165) is 11.6 Å². The summed E-state index contributed by atoms with van der Waals surface area (Å²) < 4.78 is 37.5. The van der Waals surface area contributed by atoms with E-state index in [1.807, 2.05) is 16.8 Å². The molecular weight excluding hydrogens is 259 g/mol. The van der Waals surface area contributed by atoms with Gasteiger partial charge in [-0.1, -0.05) is 18.2 Å². The number of nitrogens with one attached hydrogen (secondary N) is 1. The molecule has 0 saturated heterocycles. The van der Waals surface area contributed by atoms with Crippen LogP contribution in [0.3, 0.4) is 0 Å². The zero-order valence-corrected chi connectivity index (χ0v) is 10.3. The molecule has 0 radical (unpaired) electrons. The maximum Gasteiger partial charge on any atom is 0.416 e. The van der Waals surface area contributed by atoms with Gasteiger partial charge in [-0.2, -0.15) is 24.5 Å². The third kappa shape index (κ3) is 3.58. The first-order chi connectivity index (χ1) is 8.55. The Kier molecular flexibility index (Phi) is 4.04. The van der Waals surface area contributed by atoms with Crippen molar-refractivity contribution in [3.05, 3.63) is 57.8 Å². The lowest BCUT2D eigenvalue weighted by Crippen LogP contribution is -2.13. The topological polar surface area (TPSA) is 12.0 Å². The molecule has 5 heteroatoms. The van der Waals surface area contributed by atoms with Gasteiger partial charge in [-0.25, -0.2) is 0 Å². The molecule has 1 N–H and O–H groups in total. The fraction of sp³-hybridized carbons (Fsp3) is 0.231. The highest BCUT2D eigenvalue weighted by Crippen LogP contribution is 2.29. The fourth-order valence-electron chi connectivity index (χ4n) is 1.60. The molecule has 2 rings (SSSR count). The van der Waals surface area contributed by atoms with Crippen LogP contribution in [-0.2, 0) is 19.3 Å². The molecule has 0 aliphatic carbocycles. The molecule has 0 bridgehead atoms. The molecule has 0 unspecified atom stereocenters. The molecule has 0 spiro atoms. The Balaban J connectivity index is 1.93. The van der Waals surface area contributed by atoms with Crippen LogP contribution in [0.15, 0.2) is 41.1 Å². The highest BCUT2D eigenvalue weighted by atomic mass is 32.1. The normalized spacial score (nSPS) is 11.7. The fourth-order valence-corrected chi connectivity index (χ4v) is 2.27. The second-order valence-electron chi connectivity index (χ2n) is 3.93. The third-order valence-electron chi connectivity index (χ3n) is 2.49. The van der Waals surface area contributed by atoms with Crippen LogP contribution >= 0.6 is 11.3 Å². The van der Waals surface area contributed by atoms with Crippen molar-refractivity contribution in [1.82, 2.24) is 5.32 Å². The first-order valence-electron chi connectivity index (χ1n) is 5.43. The highest BCUT2D eigenvalue weighted by Gasteiger charge is 2.30. The zero-order chi connectivity index (χ0) is 13.0. The lowest BCUT2D eigenvalue weighted by Gasteiger charge is -2.09. The van der Waals surface area contributed by atoms with Crippen LogP contribution in [0, 0.1) is 0 Å². The first-order valence-corrected chi connectivity index (χ1v) is 6.38. The monoisotopic (exact) mass is 271 g/mol. The van der Waals surface area contributed by atoms with E-state index >= 15 is 0 Å². The Morgan fingerprint density at radius 3 is 2.50 bits per heavy atom. The number of benzene rings is 1. The van der Waals surface area contributed by atoms with Crippen molar-refractivity contribution in [3.63, 3.8) is 0 Å². The molecule has 1 nitrogen and oxygen atoms in total. The zero-order valence-electron chi connectivity index (χ0n) is 9.50. The summed E-state index contributed by atoms with van der Waals surface area (Å²) in [6, 6.07) is 7.38. The summed E-state index contributed by atoms with van der Waals surface area (Å²) in [6.07, 6.45) is -4.27. The summed E-state index contributed by atoms with van der Waals surface area (Å²) in [5.74, 6) is 0. The van der Waals surface area contributed by atoms with E-state index in [9.17, 15) is 13.2 Å². The maximum absolute atomic E-state index is 12.5. The van der Waals surface area contributed by atoms with Gasteiger partial charge in [-0.15, -0.1) is 0 Å². The summed E-state index contributed by atoms with van der Waals surface area (Å²) in [6.45, 7) is 1.10. The summed E-state index contributed by atoms with van der Waals surface area (Å²) in [5, 5.41) is 7.11. The molecule has 0 saturated carbocycles. The maximum atomic E-state index is 12.5. The minimum Gasteiger partial charge on any atom is -0.309 e. The third-order valence-corrected chi connectivity index (χ3v) is 3.22. The smallest absolute Gasteiger partial charge is 0.309 e. The Labute approximate surface area is 107 Å². The Bertz CT molecular complexity index is 491. The first kappa shape index (κ1) is 13.1. The summed E-state index contributed by atoms with van der Waals surface area (Å²) >= 11 is 1.60. The van der Waals surface area contributed by atoms with Gasteiger partial charge < -0.3 is 5.32 Å². The molecular formula is C13H12F3NS. The molecule has 0 atom stereocenters. The van der Waals surface area contributed by atoms with Crippen LogP contribution < -0.4 is 5.32 Å². The minimum absolute atomic E-state index is 0.430. The van der Waals surface area contributed by atoms with Crippen LogP contribution in [0.2, 0.25) is 0 Å². The van der Waals surface area contributed by atoms with Crippen LogP contribution in [-0.4, -0.2) is 0 Å². The molecule has 0 aliphatic heterocycles. The van der Waals surface area contributed by atoms with Gasteiger partial charge in [0, 0.05) is 13.1 Å². The minimum atomic E-state index is -4.27. The van der Waals surface area contributed by atoms with Crippen molar-refractivity contribution in [1.29, 1.82) is 0 Å². The molecule has 0 aliphatic rings. The number of thiophene rings is 1. The largest absolute Gasteiger partial charge is 0.416 e. The second kappa shape index (κ2) is 5.54. The van der Waals surface area contributed by atoms with E-state index < -0.39 is 11.7 Å². The van der Waals surface area contributed by atoms with Gasteiger partial charge in [0.05, 0.1) is 5.56 Å². The predicted octanol–water partition coefficient (Wildman–Crippen LogP) is 4.06. The predicted molar refractivity (Wildman–Crippen MR) is 66.3 cm³/mol. The molecule has 0 amide bonds. The average molecular weight is 271 g/mol. The van der Waals surface area contributed by atoms with E-state index in [1.165, 1.54) is 12.1 Å². The Hall–Kier alpha value is -1.33.